The Hall–Kier alpha value is -3.33. The number of aromatic nitrogens is 4. The van der Waals surface area contributed by atoms with Gasteiger partial charge in [0, 0.05) is 61.5 Å². The number of hydrogen-bond donors (Lipinski definition) is 2. The second kappa shape index (κ2) is 9.22. The fourth-order valence-electron chi connectivity index (χ4n) is 3.54. The molecule has 3 aromatic rings. The quantitative estimate of drug-likeness (QED) is 0.624. The van der Waals surface area contributed by atoms with Crippen LogP contribution in [0.2, 0.25) is 5.02 Å². The number of rotatable bonds is 5. The molecule has 0 spiro atoms. The highest BCUT2D eigenvalue weighted by Gasteiger charge is 2.24. The van der Waals surface area contributed by atoms with Crippen molar-refractivity contribution >= 4 is 35.0 Å². The van der Waals surface area contributed by atoms with Gasteiger partial charge in [0.05, 0.1) is 5.02 Å². The normalized spacial score (nSPS) is 14.4. The number of carbonyl (C=O) groups excluding carboxylic acids is 1. The number of amides is 1. The van der Waals surface area contributed by atoms with E-state index in [0.29, 0.717) is 11.6 Å². The zero-order valence-corrected chi connectivity index (χ0v) is 17.6. The van der Waals surface area contributed by atoms with E-state index in [0.717, 1.165) is 42.9 Å². The summed E-state index contributed by atoms with van der Waals surface area (Å²) in [4.78, 5) is 30.9. The molecule has 0 unspecified atom stereocenters. The number of halogens is 2. The van der Waals surface area contributed by atoms with Crippen molar-refractivity contribution in [3.8, 4) is 11.1 Å². The molecule has 0 aliphatic carbocycles. The molecule has 0 bridgehead atoms. The Labute approximate surface area is 183 Å². The van der Waals surface area contributed by atoms with E-state index in [9.17, 15) is 9.18 Å². The SMILES string of the molecule is CC(=O)NC1CCN(c2nc(Nc3ccc(F)c(Cl)c3)ncc2-c2cncnc2)CC1. The summed E-state index contributed by atoms with van der Waals surface area (Å²) >= 11 is 5.88. The predicted octanol–water partition coefficient (Wildman–Crippen LogP) is 3.57. The lowest BCUT2D eigenvalue weighted by molar-refractivity contribution is -0.119. The zero-order chi connectivity index (χ0) is 21.8. The van der Waals surface area contributed by atoms with Gasteiger partial charge in [-0.15, -0.1) is 0 Å². The number of hydrogen-bond acceptors (Lipinski definition) is 7. The van der Waals surface area contributed by atoms with Gasteiger partial charge in [-0.3, -0.25) is 4.79 Å². The van der Waals surface area contributed by atoms with Crippen LogP contribution >= 0.6 is 11.6 Å². The van der Waals surface area contributed by atoms with Crippen molar-refractivity contribution in [3.63, 3.8) is 0 Å². The van der Waals surface area contributed by atoms with Crippen LogP contribution in [0.15, 0.2) is 43.1 Å². The number of benzene rings is 1. The lowest BCUT2D eigenvalue weighted by Gasteiger charge is -2.34. The molecule has 2 N–H and O–H groups in total. The third-order valence-corrected chi connectivity index (χ3v) is 5.31. The summed E-state index contributed by atoms with van der Waals surface area (Å²) in [6.07, 6.45) is 8.24. The molecule has 4 rings (SSSR count). The van der Waals surface area contributed by atoms with Crippen LogP contribution in [-0.4, -0.2) is 45.0 Å². The van der Waals surface area contributed by atoms with Crippen LogP contribution in [0.25, 0.3) is 11.1 Å². The van der Waals surface area contributed by atoms with Crippen LogP contribution in [0, 0.1) is 5.82 Å². The van der Waals surface area contributed by atoms with Crippen LogP contribution in [0.5, 0.6) is 0 Å². The van der Waals surface area contributed by atoms with E-state index in [-0.39, 0.29) is 17.0 Å². The Morgan fingerprint density at radius 3 is 2.61 bits per heavy atom. The Balaban J connectivity index is 1.63. The highest BCUT2D eigenvalue weighted by molar-refractivity contribution is 6.31. The Morgan fingerprint density at radius 1 is 1.19 bits per heavy atom. The van der Waals surface area contributed by atoms with Crippen molar-refractivity contribution < 1.29 is 9.18 Å². The number of nitrogens with zero attached hydrogens (tertiary/aromatic N) is 5. The highest BCUT2D eigenvalue weighted by Crippen LogP contribution is 2.31. The molecule has 1 aliphatic rings. The van der Waals surface area contributed by atoms with Crippen LogP contribution in [0.3, 0.4) is 0 Å². The van der Waals surface area contributed by atoms with Gasteiger partial charge in [-0.1, -0.05) is 11.6 Å². The van der Waals surface area contributed by atoms with Crippen molar-refractivity contribution in [2.45, 2.75) is 25.8 Å². The number of nitrogens with one attached hydrogen (secondary N) is 2. The summed E-state index contributed by atoms with van der Waals surface area (Å²) < 4.78 is 13.5. The van der Waals surface area contributed by atoms with Crippen molar-refractivity contribution in [1.29, 1.82) is 0 Å². The van der Waals surface area contributed by atoms with Gasteiger partial charge in [0.15, 0.2) is 0 Å². The molecular formula is C21H21ClFN7O. The minimum absolute atomic E-state index is 0.0170. The standard InChI is InChI=1S/C21H21ClFN7O/c1-13(31)27-15-4-6-30(7-5-15)20-17(14-9-24-12-25-10-14)11-26-21(29-20)28-16-2-3-19(23)18(22)8-16/h2-3,8-12,15H,4-7H2,1H3,(H,27,31)(H,26,28,29). The second-order valence-corrected chi connectivity index (χ2v) is 7.68. The highest BCUT2D eigenvalue weighted by atomic mass is 35.5. The average Bonchev–Trinajstić information content (AvgIpc) is 2.77. The first-order valence-corrected chi connectivity index (χ1v) is 10.2. The van der Waals surface area contributed by atoms with Gasteiger partial charge < -0.3 is 15.5 Å². The van der Waals surface area contributed by atoms with E-state index in [2.05, 4.69) is 30.5 Å². The Kier molecular flexibility index (Phi) is 6.22. The molecule has 1 aromatic carbocycles. The maximum Gasteiger partial charge on any atom is 0.229 e. The molecule has 1 fully saturated rings. The molecule has 2 aromatic heterocycles. The minimum Gasteiger partial charge on any atom is -0.356 e. The summed E-state index contributed by atoms with van der Waals surface area (Å²) in [5.74, 6) is 0.589. The fourth-order valence-corrected chi connectivity index (χ4v) is 3.72. The zero-order valence-electron chi connectivity index (χ0n) is 16.8. The largest absolute Gasteiger partial charge is 0.356 e. The summed E-state index contributed by atoms with van der Waals surface area (Å²) in [5.41, 5.74) is 2.19. The van der Waals surface area contributed by atoms with Gasteiger partial charge in [-0.2, -0.15) is 4.98 Å². The van der Waals surface area contributed by atoms with Gasteiger partial charge in [0.25, 0.3) is 0 Å². The summed E-state index contributed by atoms with van der Waals surface area (Å²) in [5, 5.41) is 6.07. The Morgan fingerprint density at radius 2 is 1.94 bits per heavy atom. The molecule has 1 aliphatic heterocycles. The smallest absolute Gasteiger partial charge is 0.229 e. The van der Waals surface area contributed by atoms with Gasteiger partial charge in [0.1, 0.15) is 18.0 Å². The molecule has 10 heteroatoms. The van der Waals surface area contributed by atoms with Gasteiger partial charge in [-0.05, 0) is 31.0 Å². The average molecular weight is 442 g/mol. The second-order valence-electron chi connectivity index (χ2n) is 7.27. The van der Waals surface area contributed by atoms with E-state index in [1.54, 1.807) is 24.7 Å². The number of piperidine rings is 1. The molecule has 160 valence electrons. The van der Waals surface area contributed by atoms with E-state index >= 15 is 0 Å². The van der Waals surface area contributed by atoms with Crippen LogP contribution in [0.1, 0.15) is 19.8 Å². The fraction of sp³-hybridized carbons (Fsp3) is 0.286. The Bertz CT molecular complexity index is 1070. The van der Waals surface area contributed by atoms with Gasteiger partial charge in [0.2, 0.25) is 11.9 Å². The summed E-state index contributed by atoms with van der Waals surface area (Å²) in [6, 6.07) is 4.49. The van der Waals surface area contributed by atoms with Crippen LogP contribution in [-0.2, 0) is 4.79 Å². The van der Waals surface area contributed by atoms with Crippen molar-refractivity contribution in [2.24, 2.45) is 0 Å². The molecule has 8 nitrogen and oxygen atoms in total. The molecular weight excluding hydrogens is 421 g/mol. The van der Waals surface area contributed by atoms with E-state index in [4.69, 9.17) is 16.6 Å². The van der Waals surface area contributed by atoms with Crippen molar-refractivity contribution in [1.82, 2.24) is 25.3 Å². The summed E-state index contributed by atoms with van der Waals surface area (Å²) in [7, 11) is 0. The molecule has 3 heterocycles. The first-order chi connectivity index (χ1) is 15.0. The predicted molar refractivity (Wildman–Crippen MR) is 117 cm³/mol. The third kappa shape index (κ3) is 5.05. The number of carbonyl (C=O) groups is 1. The van der Waals surface area contributed by atoms with E-state index < -0.39 is 5.82 Å². The first kappa shape index (κ1) is 20.9. The maximum atomic E-state index is 13.5. The van der Waals surface area contributed by atoms with E-state index in [1.807, 2.05) is 0 Å². The van der Waals surface area contributed by atoms with E-state index in [1.165, 1.54) is 25.4 Å². The minimum atomic E-state index is -0.490. The summed E-state index contributed by atoms with van der Waals surface area (Å²) in [6.45, 7) is 2.99. The van der Waals surface area contributed by atoms with Gasteiger partial charge in [-0.25, -0.2) is 19.3 Å². The van der Waals surface area contributed by atoms with Crippen molar-refractivity contribution in [2.75, 3.05) is 23.3 Å². The lowest BCUT2D eigenvalue weighted by Crippen LogP contribution is -2.44. The van der Waals surface area contributed by atoms with Crippen LogP contribution in [0.4, 0.5) is 21.8 Å². The van der Waals surface area contributed by atoms with Gasteiger partial charge >= 0.3 is 0 Å². The first-order valence-electron chi connectivity index (χ1n) is 9.86. The molecule has 0 saturated carbocycles. The molecule has 0 atom stereocenters. The number of anilines is 3. The van der Waals surface area contributed by atoms with Crippen LogP contribution < -0.4 is 15.5 Å². The molecule has 1 amide bonds. The topological polar surface area (TPSA) is 95.9 Å². The molecule has 1 saturated heterocycles. The molecule has 31 heavy (non-hydrogen) atoms. The lowest BCUT2D eigenvalue weighted by atomic mass is 10.0. The maximum absolute atomic E-state index is 13.5. The monoisotopic (exact) mass is 441 g/mol. The molecule has 0 radical (unpaired) electrons. The van der Waals surface area contributed by atoms with Crippen molar-refractivity contribution in [3.05, 3.63) is 54.0 Å². The third-order valence-electron chi connectivity index (χ3n) is 5.02.